The Hall–Kier alpha value is -0.820. The summed E-state index contributed by atoms with van der Waals surface area (Å²) < 4.78 is 39.6. The van der Waals surface area contributed by atoms with Crippen LogP contribution in [0.2, 0.25) is 0 Å². The highest BCUT2D eigenvalue weighted by atomic mass is 19.4. The van der Waals surface area contributed by atoms with Gasteiger partial charge in [0.1, 0.15) is 0 Å². The lowest BCUT2D eigenvalue weighted by atomic mass is 9.68. The molecule has 3 aliphatic rings. The minimum absolute atomic E-state index is 0.00347. The maximum absolute atomic E-state index is 13.2. The molecule has 1 spiro atoms. The molecule has 23 heavy (non-hydrogen) atoms. The van der Waals surface area contributed by atoms with Gasteiger partial charge in [-0.2, -0.15) is 13.2 Å². The van der Waals surface area contributed by atoms with Crippen molar-refractivity contribution in [3.05, 3.63) is 0 Å². The van der Waals surface area contributed by atoms with Gasteiger partial charge in [-0.15, -0.1) is 0 Å². The predicted molar refractivity (Wildman–Crippen MR) is 78.3 cm³/mol. The van der Waals surface area contributed by atoms with Gasteiger partial charge < -0.3 is 16.2 Å². The number of hydrogen-bond acceptors (Lipinski definition) is 3. The molecule has 0 bridgehead atoms. The molecular formula is C16H25F3N2O2. The molecule has 0 aromatic carbocycles. The average molecular weight is 334 g/mol. The van der Waals surface area contributed by atoms with Crippen LogP contribution in [0, 0.1) is 23.2 Å². The van der Waals surface area contributed by atoms with E-state index in [4.69, 9.17) is 5.73 Å². The van der Waals surface area contributed by atoms with Gasteiger partial charge in [-0.3, -0.25) is 4.79 Å². The summed E-state index contributed by atoms with van der Waals surface area (Å²) in [7, 11) is 0. The lowest BCUT2D eigenvalue weighted by molar-refractivity contribution is -0.248. The minimum atomic E-state index is -4.34. The van der Waals surface area contributed by atoms with Crippen LogP contribution in [-0.2, 0) is 4.79 Å². The predicted octanol–water partition coefficient (Wildman–Crippen LogP) is 1.96. The number of hydrogen-bond donors (Lipinski definition) is 3. The lowest BCUT2D eigenvalue weighted by Gasteiger charge is -2.41. The average Bonchev–Trinajstić information content (AvgIpc) is 3.19. The van der Waals surface area contributed by atoms with E-state index in [1.807, 2.05) is 0 Å². The highest BCUT2D eigenvalue weighted by molar-refractivity contribution is 5.77. The Morgan fingerprint density at radius 3 is 2.39 bits per heavy atom. The molecule has 0 radical (unpaired) electrons. The maximum Gasteiger partial charge on any atom is 0.396 e. The maximum atomic E-state index is 13.2. The van der Waals surface area contributed by atoms with Gasteiger partial charge >= 0.3 is 6.18 Å². The van der Waals surface area contributed by atoms with Crippen molar-refractivity contribution < 1.29 is 23.1 Å². The molecule has 2 aliphatic carbocycles. The number of carbonyl (C=O) groups excluding carboxylic acids is 1. The fourth-order valence-corrected chi connectivity index (χ4v) is 4.87. The van der Waals surface area contributed by atoms with Crippen molar-refractivity contribution in [3.8, 4) is 0 Å². The summed E-state index contributed by atoms with van der Waals surface area (Å²) in [6.45, 7) is -0.0685. The van der Waals surface area contributed by atoms with E-state index in [0.29, 0.717) is 25.2 Å². The number of alkyl halides is 3. The first-order chi connectivity index (χ1) is 10.7. The Morgan fingerprint density at radius 1 is 1.22 bits per heavy atom. The number of nitrogens with two attached hydrogens (primary N) is 1. The molecule has 1 amide bonds. The second-order valence-electron chi connectivity index (χ2n) is 7.76. The molecule has 2 saturated carbocycles. The van der Waals surface area contributed by atoms with Crippen LogP contribution in [-0.4, -0.2) is 35.9 Å². The van der Waals surface area contributed by atoms with Gasteiger partial charge in [0.2, 0.25) is 5.91 Å². The largest absolute Gasteiger partial charge is 0.396 e. The van der Waals surface area contributed by atoms with Crippen molar-refractivity contribution >= 4 is 5.91 Å². The number of nitrogens with one attached hydrogen (secondary N) is 1. The molecule has 3 rings (SSSR count). The lowest BCUT2D eigenvalue weighted by Crippen LogP contribution is -2.47. The fraction of sp³-hybridized carbons (Fsp3) is 0.938. The monoisotopic (exact) mass is 334 g/mol. The third kappa shape index (κ3) is 2.86. The van der Waals surface area contributed by atoms with E-state index in [-0.39, 0.29) is 36.1 Å². The van der Waals surface area contributed by atoms with Crippen molar-refractivity contribution in [2.45, 2.75) is 56.7 Å². The number of carbonyl (C=O) groups is 1. The van der Waals surface area contributed by atoms with E-state index in [1.54, 1.807) is 0 Å². The highest BCUT2D eigenvalue weighted by Gasteiger charge is 2.62. The molecule has 3 fully saturated rings. The number of amides is 1. The molecule has 7 heteroatoms. The van der Waals surface area contributed by atoms with E-state index < -0.39 is 18.2 Å². The van der Waals surface area contributed by atoms with Crippen LogP contribution in [0.4, 0.5) is 13.2 Å². The number of primary amides is 1. The second-order valence-corrected chi connectivity index (χ2v) is 7.76. The molecule has 1 heterocycles. The van der Waals surface area contributed by atoms with E-state index in [2.05, 4.69) is 5.32 Å². The molecule has 3 unspecified atom stereocenters. The van der Waals surface area contributed by atoms with E-state index in [9.17, 15) is 23.1 Å². The zero-order valence-electron chi connectivity index (χ0n) is 13.2. The van der Waals surface area contributed by atoms with Gasteiger partial charge in [0.25, 0.3) is 0 Å². The van der Waals surface area contributed by atoms with E-state index in [0.717, 1.165) is 19.4 Å². The molecule has 0 aromatic heterocycles. The summed E-state index contributed by atoms with van der Waals surface area (Å²) in [5.74, 6) is 0.207. The molecular weight excluding hydrogens is 309 g/mol. The van der Waals surface area contributed by atoms with Gasteiger partial charge in [0.15, 0.2) is 0 Å². The zero-order chi connectivity index (χ0) is 16.9. The first-order valence-electron chi connectivity index (χ1n) is 8.45. The molecule has 132 valence electrons. The van der Waals surface area contributed by atoms with Crippen molar-refractivity contribution in [1.82, 2.24) is 5.32 Å². The highest BCUT2D eigenvalue weighted by Crippen LogP contribution is 2.60. The molecule has 4 nitrogen and oxygen atoms in total. The standard InChI is InChI=1S/C16H25F3N2O2/c17-16(18,19)14(9-22)4-1-10(2-5-14)12-8-15(12)7-11(13(20)23)3-6-21-15/h10-12,21-22H,1-9H2,(H2,20,23). The van der Waals surface area contributed by atoms with Gasteiger partial charge in [0.05, 0.1) is 12.0 Å². The van der Waals surface area contributed by atoms with Crippen molar-refractivity contribution in [3.63, 3.8) is 0 Å². The number of aliphatic hydroxyl groups excluding tert-OH is 1. The van der Waals surface area contributed by atoms with Gasteiger partial charge in [-0.25, -0.2) is 0 Å². The summed E-state index contributed by atoms with van der Waals surface area (Å²) >= 11 is 0. The third-order valence-corrected chi connectivity index (χ3v) is 6.58. The van der Waals surface area contributed by atoms with Crippen molar-refractivity contribution in [1.29, 1.82) is 0 Å². The molecule has 4 N–H and O–H groups in total. The summed E-state index contributed by atoms with van der Waals surface area (Å²) in [5, 5.41) is 12.8. The van der Waals surface area contributed by atoms with E-state index >= 15 is 0 Å². The van der Waals surface area contributed by atoms with Gasteiger partial charge in [-0.05, 0) is 63.3 Å². The van der Waals surface area contributed by atoms with Crippen molar-refractivity contribution in [2.24, 2.45) is 28.9 Å². The molecule has 3 atom stereocenters. The normalized spacial score (nSPS) is 44.3. The SMILES string of the molecule is NC(=O)C1CCNC2(C1)CC2C1CCC(CO)(C(F)(F)F)CC1. The third-order valence-electron chi connectivity index (χ3n) is 6.58. The Morgan fingerprint density at radius 2 is 1.87 bits per heavy atom. The molecule has 1 saturated heterocycles. The summed E-state index contributed by atoms with van der Waals surface area (Å²) in [6, 6.07) is 0. The van der Waals surface area contributed by atoms with Crippen LogP contribution in [0.5, 0.6) is 0 Å². The van der Waals surface area contributed by atoms with E-state index in [1.165, 1.54) is 0 Å². The summed E-state index contributed by atoms with van der Waals surface area (Å²) in [6.07, 6.45) is -0.949. The first-order valence-corrected chi connectivity index (χ1v) is 8.45. The molecule has 0 aromatic rings. The summed E-state index contributed by atoms with van der Waals surface area (Å²) in [4.78, 5) is 11.4. The number of piperidine rings is 1. The fourth-order valence-electron chi connectivity index (χ4n) is 4.87. The number of rotatable bonds is 3. The quantitative estimate of drug-likeness (QED) is 0.738. The van der Waals surface area contributed by atoms with Crippen LogP contribution in [0.1, 0.15) is 44.9 Å². The number of aliphatic hydroxyl groups is 1. The molecule has 1 aliphatic heterocycles. The van der Waals surface area contributed by atoms with Gasteiger partial charge in [-0.1, -0.05) is 0 Å². The minimum Gasteiger partial charge on any atom is -0.395 e. The Labute approximate surface area is 134 Å². The van der Waals surface area contributed by atoms with Crippen LogP contribution >= 0.6 is 0 Å². The Bertz CT molecular complexity index is 474. The van der Waals surface area contributed by atoms with Crippen molar-refractivity contribution in [2.75, 3.05) is 13.2 Å². The summed E-state index contributed by atoms with van der Waals surface area (Å²) in [5.41, 5.74) is 3.42. The number of halogens is 3. The van der Waals surface area contributed by atoms with Crippen LogP contribution in [0.25, 0.3) is 0 Å². The van der Waals surface area contributed by atoms with Gasteiger partial charge in [0, 0.05) is 11.5 Å². The van der Waals surface area contributed by atoms with Crippen LogP contribution in [0.15, 0.2) is 0 Å². The Kier molecular flexibility index (Phi) is 4.16. The smallest absolute Gasteiger partial charge is 0.395 e. The first kappa shape index (κ1) is 17.0. The topological polar surface area (TPSA) is 75.4 Å². The van der Waals surface area contributed by atoms with Crippen LogP contribution in [0.3, 0.4) is 0 Å². The van der Waals surface area contributed by atoms with Crippen LogP contribution < -0.4 is 11.1 Å². The zero-order valence-corrected chi connectivity index (χ0v) is 13.2. The second kappa shape index (κ2) is 5.62. The Balaban J connectivity index is 1.61.